The molecule has 5 N–H and O–H groups in total. The molecule has 314 valence electrons. The van der Waals surface area contributed by atoms with E-state index >= 15 is 0 Å². The first kappa shape index (κ1) is 42.9. The number of ether oxygens (including phenoxy) is 5. The zero-order valence-electron chi connectivity index (χ0n) is 33.9. The highest BCUT2D eigenvalue weighted by molar-refractivity contribution is 5.94. The molecule has 0 spiro atoms. The molecule has 15 nitrogen and oxygen atoms in total. The summed E-state index contributed by atoms with van der Waals surface area (Å²) in [6.45, 7) is 11.8. The van der Waals surface area contributed by atoms with Gasteiger partial charge in [0.15, 0.2) is 17.5 Å². The van der Waals surface area contributed by atoms with Gasteiger partial charge in [0.25, 0.3) is 0 Å². The Morgan fingerprint density at radius 3 is 2.10 bits per heavy atom. The van der Waals surface area contributed by atoms with Crippen molar-refractivity contribution in [3.63, 3.8) is 0 Å². The molecule has 1 heterocycles. The van der Waals surface area contributed by atoms with Gasteiger partial charge in [-0.1, -0.05) is 62.4 Å². The molecule has 6 rings (SSSR count). The summed E-state index contributed by atoms with van der Waals surface area (Å²) in [4.78, 5) is 68.9. The van der Waals surface area contributed by atoms with Crippen molar-refractivity contribution in [2.24, 2.45) is 16.7 Å². The first-order valence-electron chi connectivity index (χ1n) is 19.3. The van der Waals surface area contributed by atoms with Crippen LogP contribution < -0.4 is 5.32 Å². The van der Waals surface area contributed by atoms with Crippen LogP contribution in [0.15, 0.2) is 71.8 Å². The van der Waals surface area contributed by atoms with Gasteiger partial charge >= 0.3 is 24.0 Å². The minimum Gasteiger partial charge on any atom is -0.456 e. The zero-order valence-corrected chi connectivity index (χ0v) is 33.9. The second-order valence-corrected chi connectivity index (χ2v) is 17.6. The molecule has 1 aliphatic heterocycles. The number of hydrogen-bond acceptors (Lipinski definition) is 14. The van der Waals surface area contributed by atoms with Crippen LogP contribution in [0.5, 0.6) is 0 Å². The fourth-order valence-electron chi connectivity index (χ4n) is 9.56. The van der Waals surface area contributed by atoms with Gasteiger partial charge in [-0.3, -0.25) is 9.59 Å². The lowest BCUT2D eigenvalue weighted by atomic mass is 9.44. The topological polar surface area (TPSA) is 224 Å². The third-order valence-electron chi connectivity index (χ3n) is 12.6. The Morgan fingerprint density at radius 2 is 1.55 bits per heavy atom. The van der Waals surface area contributed by atoms with Gasteiger partial charge < -0.3 is 49.4 Å². The number of alkyl carbamates (subject to hydrolysis) is 1. The molecule has 1 amide bonds. The molecular weight excluding hydrogens is 754 g/mol. The van der Waals surface area contributed by atoms with Crippen LogP contribution in [0, 0.1) is 16.7 Å². The summed E-state index contributed by atoms with van der Waals surface area (Å²) < 4.78 is 29.5. The lowest BCUT2D eigenvalue weighted by molar-refractivity contribution is -0.346. The average molecular weight is 808 g/mol. The molecule has 2 aromatic carbocycles. The number of carbonyl (C=O) groups excluding carboxylic acids is 5. The molecular formula is C43H53NO14. The lowest BCUT2D eigenvalue weighted by Crippen LogP contribution is -2.81. The quantitative estimate of drug-likeness (QED) is 0.147. The first-order chi connectivity index (χ1) is 27.0. The third-order valence-corrected chi connectivity index (χ3v) is 12.6. The Balaban J connectivity index is 1.49. The van der Waals surface area contributed by atoms with Gasteiger partial charge in [-0.2, -0.15) is 0 Å². The number of nitrogens with one attached hydrogen (secondary N) is 1. The summed E-state index contributed by atoms with van der Waals surface area (Å²) in [7, 11) is 0. The number of rotatable bonds is 8. The zero-order chi connectivity index (χ0) is 42.7. The number of aliphatic hydroxyl groups is 4. The van der Waals surface area contributed by atoms with Crippen LogP contribution in [-0.2, 0) is 38.1 Å². The van der Waals surface area contributed by atoms with Crippen molar-refractivity contribution in [3.05, 3.63) is 82.9 Å². The number of carbonyl (C=O) groups is 5. The second-order valence-electron chi connectivity index (χ2n) is 17.6. The minimum absolute atomic E-state index is 0.0637. The van der Waals surface area contributed by atoms with Crippen LogP contribution in [0.25, 0.3) is 0 Å². The number of ketones is 1. The predicted octanol–water partition coefficient (Wildman–Crippen LogP) is 3.26. The molecule has 0 aromatic heterocycles. The van der Waals surface area contributed by atoms with E-state index in [4.69, 9.17) is 23.7 Å². The van der Waals surface area contributed by atoms with Gasteiger partial charge in [-0.25, -0.2) is 14.4 Å². The monoisotopic (exact) mass is 807 g/mol. The number of benzene rings is 2. The van der Waals surface area contributed by atoms with Crippen LogP contribution in [0.3, 0.4) is 0 Å². The molecule has 58 heavy (non-hydrogen) atoms. The Kier molecular flexibility index (Phi) is 11.2. The maximum Gasteiger partial charge on any atom is 0.408 e. The van der Waals surface area contributed by atoms with Crippen LogP contribution >= 0.6 is 0 Å². The van der Waals surface area contributed by atoms with E-state index in [-0.39, 0.29) is 29.7 Å². The van der Waals surface area contributed by atoms with Gasteiger partial charge in [0, 0.05) is 25.2 Å². The summed E-state index contributed by atoms with van der Waals surface area (Å²) >= 11 is 0. The van der Waals surface area contributed by atoms with E-state index in [0.717, 1.165) is 6.92 Å². The Hall–Kier alpha value is -4.67. The molecule has 11 atom stereocenters. The van der Waals surface area contributed by atoms with E-state index in [1.165, 1.54) is 26.0 Å². The number of amides is 1. The van der Waals surface area contributed by atoms with Crippen molar-refractivity contribution in [2.45, 2.75) is 128 Å². The Morgan fingerprint density at radius 1 is 0.948 bits per heavy atom. The molecule has 2 aromatic rings. The van der Waals surface area contributed by atoms with Crippen molar-refractivity contribution in [3.8, 4) is 0 Å². The molecule has 1 saturated heterocycles. The van der Waals surface area contributed by atoms with E-state index in [1.54, 1.807) is 83.1 Å². The molecule has 4 aliphatic rings. The number of Topliss-reactive ketones (excluding diaryl/α,β-unsaturated/α-hetero) is 1. The van der Waals surface area contributed by atoms with E-state index in [1.807, 2.05) is 0 Å². The van der Waals surface area contributed by atoms with Gasteiger partial charge in [0.1, 0.15) is 35.6 Å². The SMILES string of the molecule is CC(=O)O[C@@]12CO[C@@H]1C[C@H](O)[C@@]1(C)C(=O)C(O)C3=C(C)C(OC(=O)[C@H](O)[C@@H](NC(=O)OC(C)(C)C)c4ccccc4)C[C@](O)(C(OC(=O)c4ccccc4)[C@H]21)C3(C)C. The maximum absolute atomic E-state index is 14.9. The van der Waals surface area contributed by atoms with E-state index in [9.17, 15) is 44.4 Å². The molecule has 3 fully saturated rings. The largest absolute Gasteiger partial charge is 0.456 e. The number of hydrogen-bond donors (Lipinski definition) is 5. The van der Waals surface area contributed by atoms with Crippen molar-refractivity contribution >= 4 is 29.8 Å². The highest BCUT2D eigenvalue weighted by Crippen LogP contribution is 2.64. The number of fused-ring (bicyclic) bond motifs is 5. The summed E-state index contributed by atoms with van der Waals surface area (Å²) in [6, 6.07) is 14.6. The smallest absolute Gasteiger partial charge is 0.408 e. The van der Waals surface area contributed by atoms with Crippen LogP contribution in [-0.4, -0.2) is 110 Å². The summed E-state index contributed by atoms with van der Waals surface area (Å²) in [5.41, 5.74) is -8.14. The third kappa shape index (κ3) is 7.10. The lowest BCUT2D eigenvalue weighted by Gasteiger charge is -2.67. The van der Waals surface area contributed by atoms with Crippen molar-refractivity contribution < 1.29 is 68.1 Å². The summed E-state index contributed by atoms with van der Waals surface area (Å²) in [5, 5.41) is 51.6. The summed E-state index contributed by atoms with van der Waals surface area (Å²) in [6.07, 6.45) is -11.5. The van der Waals surface area contributed by atoms with Crippen molar-refractivity contribution in [1.29, 1.82) is 0 Å². The average Bonchev–Trinajstić information content (AvgIpc) is 3.14. The Labute approximate surface area is 336 Å². The molecule has 3 unspecified atom stereocenters. The van der Waals surface area contributed by atoms with Crippen LogP contribution in [0.1, 0.15) is 90.2 Å². The van der Waals surface area contributed by atoms with Crippen LogP contribution in [0.4, 0.5) is 4.79 Å². The standard InChI is InChI=1S/C43H53NO14/c1-22-26(55-37(51)32(48)30(24-15-11-9-12-16-24)44-38(52)58-39(3,4)5)20-43(53)35(56-36(50)25-17-13-10-14-18-25)33-41(8,34(49)31(47)29(22)40(43,6)7)27(46)19-28-42(33,21-54-28)57-23(2)45/h9-18,26-28,30-33,35,46-48,53H,19-21H2,1-8H3,(H,44,52)/t26?,27-,28+,30-,31?,32+,33-,35?,41+,42-,43-/m0/s1. The number of esters is 3. The van der Waals surface area contributed by atoms with Gasteiger partial charge in [-0.05, 0) is 63.5 Å². The van der Waals surface area contributed by atoms with Crippen LogP contribution in [0.2, 0.25) is 0 Å². The van der Waals surface area contributed by atoms with E-state index in [0.29, 0.717) is 5.56 Å². The number of aliphatic hydroxyl groups excluding tert-OH is 3. The van der Waals surface area contributed by atoms with E-state index < -0.39 is 112 Å². The fourth-order valence-corrected chi connectivity index (χ4v) is 9.56. The normalized spacial score (nSPS) is 33.7. The van der Waals surface area contributed by atoms with Gasteiger partial charge in [-0.15, -0.1) is 0 Å². The predicted molar refractivity (Wildman–Crippen MR) is 204 cm³/mol. The van der Waals surface area contributed by atoms with Gasteiger partial charge in [0.05, 0.1) is 35.6 Å². The summed E-state index contributed by atoms with van der Waals surface area (Å²) in [5.74, 6) is -5.36. The Bertz CT molecular complexity index is 1980. The highest BCUT2D eigenvalue weighted by Gasteiger charge is 2.78. The minimum atomic E-state index is -2.35. The molecule has 0 radical (unpaired) electrons. The second kappa shape index (κ2) is 15.2. The maximum atomic E-state index is 14.9. The molecule has 3 aliphatic carbocycles. The van der Waals surface area contributed by atoms with Crippen molar-refractivity contribution in [1.82, 2.24) is 5.32 Å². The van der Waals surface area contributed by atoms with E-state index in [2.05, 4.69) is 5.32 Å². The van der Waals surface area contributed by atoms with Crippen molar-refractivity contribution in [2.75, 3.05) is 6.61 Å². The highest BCUT2D eigenvalue weighted by atomic mass is 16.6. The molecule has 15 heteroatoms. The fraction of sp³-hybridized carbons (Fsp3) is 0.558. The molecule has 2 bridgehead atoms. The first-order valence-corrected chi connectivity index (χ1v) is 19.3. The van der Waals surface area contributed by atoms with Gasteiger partial charge in [0.2, 0.25) is 0 Å². The molecule has 2 saturated carbocycles.